The van der Waals surface area contributed by atoms with Crippen molar-refractivity contribution in [3.63, 3.8) is 0 Å². The van der Waals surface area contributed by atoms with E-state index in [0.29, 0.717) is 6.04 Å². The maximum absolute atomic E-state index is 3.82. The van der Waals surface area contributed by atoms with E-state index < -0.39 is 0 Å². The molecule has 3 atom stereocenters. The summed E-state index contributed by atoms with van der Waals surface area (Å²) < 4.78 is 0. The molecule has 0 heterocycles. The molecule has 1 aromatic carbocycles. The van der Waals surface area contributed by atoms with Gasteiger partial charge in [0.05, 0.1) is 0 Å². The Morgan fingerprint density at radius 2 is 2.05 bits per heavy atom. The minimum Gasteiger partial charge on any atom is -0.310 e. The summed E-state index contributed by atoms with van der Waals surface area (Å²) in [5.41, 5.74) is 4.35. The smallest absolute Gasteiger partial charge is 0.0353 e. The maximum atomic E-state index is 3.82. The average molecular weight is 259 g/mol. The van der Waals surface area contributed by atoms with E-state index in [1.165, 1.54) is 42.4 Å². The number of hydrogen-bond acceptors (Lipinski definition) is 1. The third-order valence-corrected chi connectivity index (χ3v) is 4.73. The molecule has 19 heavy (non-hydrogen) atoms. The second-order valence-corrected chi connectivity index (χ2v) is 6.36. The zero-order chi connectivity index (χ0) is 13.8. The molecule has 1 nitrogen and oxygen atoms in total. The molecule has 0 saturated heterocycles. The minimum absolute atomic E-state index is 0.554. The second kappa shape index (κ2) is 6.56. The Kier molecular flexibility index (Phi) is 5.04. The highest BCUT2D eigenvalue weighted by atomic mass is 14.9. The third-order valence-electron chi connectivity index (χ3n) is 4.73. The highest BCUT2D eigenvalue weighted by Gasteiger charge is 2.32. The molecule has 0 aromatic heterocycles. The van der Waals surface area contributed by atoms with Gasteiger partial charge in [-0.1, -0.05) is 50.5 Å². The van der Waals surface area contributed by atoms with Crippen molar-refractivity contribution in [3.8, 4) is 0 Å². The summed E-state index contributed by atoms with van der Waals surface area (Å²) in [4.78, 5) is 0. The Balaban J connectivity index is 2.25. The SMILES string of the molecule is CCCNC(c1ccc(C)cc1C)C1CCCC1C. The fourth-order valence-corrected chi connectivity index (χ4v) is 3.64. The fraction of sp³-hybridized carbons (Fsp3) is 0.667. The minimum atomic E-state index is 0.554. The number of hydrogen-bond donors (Lipinski definition) is 1. The highest BCUT2D eigenvalue weighted by molar-refractivity contribution is 5.33. The van der Waals surface area contributed by atoms with Gasteiger partial charge in [0.15, 0.2) is 0 Å². The van der Waals surface area contributed by atoms with Gasteiger partial charge in [-0.3, -0.25) is 0 Å². The molecule has 1 N–H and O–H groups in total. The Morgan fingerprint density at radius 1 is 1.26 bits per heavy atom. The van der Waals surface area contributed by atoms with Gasteiger partial charge in [-0.05, 0) is 56.2 Å². The number of rotatable bonds is 5. The van der Waals surface area contributed by atoms with Gasteiger partial charge in [0.25, 0.3) is 0 Å². The van der Waals surface area contributed by atoms with E-state index in [0.717, 1.165) is 18.4 Å². The first-order chi connectivity index (χ1) is 9.13. The average Bonchev–Trinajstić information content (AvgIpc) is 2.78. The fourth-order valence-electron chi connectivity index (χ4n) is 3.64. The van der Waals surface area contributed by atoms with Crippen LogP contribution in [0, 0.1) is 25.7 Å². The van der Waals surface area contributed by atoms with Crippen molar-refractivity contribution in [1.29, 1.82) is 0 Å². The van der Waals surface area contributed by atoms with Gasteiger partial charge in [-0.15, -0.1) is 0 Å². The zero-order valence-electron chi connectivity index (χ0n) is 13.0. The van der Waals surface area contributed by atoms with Gasteiger partial charge >= 0.3 is 0 Å². The first kappa shape index (κ1) is 14.6. The molecule has 0 aliphatic heterocycles. The molecule has 3 unspecified atom stereocenters. The first-order valence-corrected chi connectivity index (χ1v) is 7.94. The Hall–Kier alpha value is -0.820. The van der Waals surface area contributed by atoms with Gasteiger partial charge in [0.1, 0.15) is 0 Å². The van der Waals surface area contributed by atoms with Crippen molar-refractivity contribution in [1.82, 2.24) is 5.32 Å². The largest absolute Gasteiger partial charge is 0.310 e. The van der Waals surface area contributed by atoms with Gasteiger partial charge in [-0.25, -0.2) is 0 Å². The molecular weight excluding hydrogens is 230 g/mol. The summed E-state index contributed by atoms with van der Waals surface area (Å²) in [6.07, 6.45) is 5.40. The predicted octanol–water partition coefficient (Wildman–Crippen LogP) is 4.78. The van der Waals surface area contributed by atoms with Crippen molar-refractivity contribution in [2.24, 2.45) is 11.8 Å². The van der Waals surface area contributed by atoms with E-state index in [9.17, 15) is 0 Å². The zero-order valence-corrected chi connectivity index (χ0v) is 13.0. The normalized spacial score (nSPS) is 24.6. The van der Waals surface area contributed by atoms with Crippen LogP contribution in [0.4, 0.5) is 0 Å². The second-order valence-electron chi connectivity index (χ2n) is 6.36. The molecule has 1 aliphatic carbocycles. The van der Waals surface area contributed by atoms with E-state index in [2.05, 4.69) is 51.2 Å². The van der Waals surface area contributed by atoms with Crippen LogP contribution < -0.4 is 5.32 Å². The van der Waals surface area contributed by atoms with Crippen LogP contribution in [0.5, 0.6) is 0 Å². The predicted molar refractivity (Wildman–Crippen MR) is 83.5 cm³/mol. The van der Waals surface area contributed by atoms with Crippen LogP contribution in [0.25, 0.3) is 0 Å². The molecule has 106 valence electrons. The lowest BCUT2D eigenvalue weighted by molar-refractivity contribution is 0.301. The molecule has 0 amide bonds. The van der Waals surface area contributed by atoms with E-state index in [1.807, 2.05) is 0 Å². The molecular formula is C18H29N. The van der Waals surface area contributed by atoms with E-state index in [1.54, 1.807) is 0 Å². The van der Waals surface area contributed by atoms with Crippen LogP contribution in [-0.4, -0.2) is 6.54 Å². The molecule has 2 rings (SSSR count). The summed E-state index contributed by atoms with van der Waals surface area (Å²) in [7, 11) is 0. The topological polar surface area (TPSA) is 12.0 Å². The molecule has 1 saturated carbocycles. The number of nitrogens with one attached hydrogen (secondary N) is 1. The third kappa shape index (κ3) is 3.39. The van der Waals surface area contributed by atoms with Crippen LogP contribution in [0.2, 0.25) is 0 Å². The summed E-state index contributed by atoms with van der Waals surface area (Å²) in [5, 5.41) is 3.82. The molecule has 1 aliphatic rings. The number of aryl methyl sites for hydroxylation is 2. The van der Waals surface area contributed by atoms with Gasteiger partial charge in [-0.2, -0.15) is 0 Å². The van der Waals surface area contributed by atoms with Crippen LogP contribution >= 0.6 is 0 Å². The van der Waals surface area contributed by atoms with Crippen molar-refractivity contribution >= 4 is 0 Å². The van der Waals surface area contributed by atoms with Gasteiger partial charge < -0.3 is 5.32 Å². The molecule has 1 heteroatoms. The van der Waals surface area contributed by atoms with Gasteiger partial charge in [0.2, 0.25) is 0 Å². The van der Waals surface area contributed by atoms with E-state index >= 15 is 0 Å². The molecule has 1 fully saturated rings. The van der Waals surface area contributed by atoms with Crippen LogP contribution in [0.3, 0.4) is 0 Å². The van der Waals surface area contributed by atoms with E-state index in [4.69, 9.17) is 0 Å². The summed E-state index contributed by atoms with van der Waals surface area (Å²) in [6, 6.07) is 7.50. The molecule has 0 spiro atoms. The lowest BCUT2D eigenvalue weighted by atomic mass is 9.84. The Labute approximate surface area is 118 Å². The highest BCUT2D eigenvalue weighted by Crippen LogP contribution is 2.40. The molecule has 0 bridgehead atoms. The monoisotopic (exact) mass is 259 g/mol. The number of benzene rings is 1. The molecule has 0 radical (unpaired) electrons. The van der Waals surface area contributed by atoms with Crippen molar-refractivity contribution < 1.29 is 0 Å². The molecule has 1 aromatic rings. The van der Waals surface area contributed by atoms with Crippen LogP contribution in [0.15, 0.2) is 18.2 Å². The lowest BCUT2D eigenvalue weighted by Crippen LogP contribution is -2.31. The summed E-state index contributed by atoms with van der Waals surface area (Å²) in [5.74, 6) is 1.67. The summed E-state index contributed by atoms with van der Waals surface area (Å²) >= 11 is 0. The van der Waals surface area contributed by atoms with Crippen LogP contribution in [0.1, 0.15) is 62.3 Å². The first-order valence-electron chi connectivity index (χ1n) is 7.94. The van der Waals surface area contributed by atoms with Crippen LogP contribution in [-0.2, 0) is 0 Å². The standard InChI is InChI=1S/C18H29N/c1-5-11-19-18(16-8-6-7-14(16)3)17-10-9-13(2)12-15(17)4/h9-10,12,14,16,18-19H,5-8,11H2,1-4H3. The lowest BCUT2D eigenvalue weighted by Gasteiger charge is -2.30. The quantitative estimate of drug-likeness (QED) is 0.802. The summed E-state index contributed by atoms with van der Waals surface area (Å²) in [6.45, 7) is 10.3. The van der Waals surface area contributed by atoms with Crippen molar-refractivity contribution in [2.45, 2.75) is 59.4 Å². The van der Waals surface area contributed by atoms with E-state index in [-0.39, 0.29) is 0 Å². The Morgan fingerprint density at radius 3 is 2.63 bits per heavy atom. The van der Waals surface area contributed by atoms with Crippen molar-refractivity contribution in [2.75, 3.05) is 6.54 Å². The maximum Gasteiger partial charge on any atom is 0.0353 e. The Bertz CT molecular complexity index is 410. The van der Waals surface area contributed by atoms with Gasteiger partial charge in [0, 0.05) is 6.04 Å². The van der Waals surface area contributed by atoms with Crippen molar-refractivity contribution in [3.05, 3.63) is 34.9 Å².